The van der Waals surface area contributed by atoms with Gasteiger partial charge in [-0.15, -0.1) is 0 Å². The molecule has 3 aromatic rings. The summed E-state index contributed by atoms with van der Waals surface area (Å²) in [5, 5.41) is 8.61. The Morgan fingerprint density at radius 3 is 2.55 bits per heavy atom. The first-order chi connectivity index (χ1) is 16.0. The Morgan fingerprint density at radius 2 is 1.91 bits per heavy atom. The molecule has 1 saturated carbocycles. The van der Waals surface area contributed by atoms with Crippen molar-refractivity contribution in [3.63, 3.8) is 0 Å². The quantitative estimate of drug-likeness (QED) is 0.552. The number of likely N-dealkylation sites (tertiary alicyclic amines) is 1. The van der Waals surface area contributed by atoms with E-state index in [1.807, 2.05) is 22.9 Å². The molecule has 1 N–H and O–H groups in total. The fourth-order valence-electron chi connectivity index (χ4n) is 4.81. The van der Waals surface area contributed by atoms with Crippen LogP contribution >= 0.6 is 0 Å². The van der Waals surface area contributed by atoms with Crippen molar-refractivity contribution in [1.82, 2.24) is 25.0 Å². The van der Waals surface area contributed by atoms with Crippen LogP contribution in [0.15, 0.2) is 36.5 Å². The molecule has 1 saturated heterocycles. The lowest BCUT2D eigenvalue weighted by atomic mass is 10.0. The number of pyridine rings is 1. The summed E-state index contributed by atoms with van der Waals surface area (Å²) in [7, 11) is 1.68. The number of methoxy groups -OCH3 is 1. The van der Waals surface area contributed by atoms with Crippen LogP contribution in [-0.4, -0.2) is 52.3 Å². The summed E-state index contributed by atoms with van der Waals surface area (Å²) < 4.78 is 7.25. The van der Waals surface area contributed by atoms with Crippen molar-refractivity contribution < 1.29 is 9.53 Å². The minimum atomic E-state index is -0.0506. The van der Waals surface area contributed by atoms with Crippen molar-refractivity contribution in [2.75, 3.05) is 26.7 Å². The number of nitrogens with one attached hydrogen (secondary N) is 1. The van der Waals surface area contributed by atoms with Crippen LogP contribution < -0.4 is 10.1 Å². The number of hydrogen-bond donors (Lipinski definition) is 1. The van der Waals surface area contributed by atoms with E-state index in [4.69, 9.17) is 9.72 Å². The molecule has 3 heterocycles. The maximum atomic E-state index is 13.5. The maximum absolute atomic E-state index is 13.5. The number of amides is 1. The molecular formula is C26H33N5O2. The number of aromatic nitrogens is 3. The van der Waals surface area contributed by atoms with Crippen molar-refractivity contribution in [1.29, 1.82) is 0 Å². The van der Waals surface area contributed by atoms with Gasteiger partial charge in [-0.05, 0) is 76.4 Å². The van der Waals surface area contributed by atoms with Crippen LogP contribution in [-0.2, 0) is 0 Å². The van der Waals surface area contributed by atoms with Gasteiger partial charge in [0.15, 0.2) is 5.65 Å². The number of fused-ring (bicyclic) bond motifs is 1. The van der Waals surface area contributed by atoms with Crippen molar-refractivity contribution in [2.45, 2.75) is 57.5 Å². The highest BCUT2D eigenvalue weighted by Crippen LogP contribution is 2.40. The van der Waals surface area contributed by atoms with E-state index in [2.05, 4.69) is 41.3 Å². The first-order valence-corrected chi connectivity index (χ1v) is 12.1. The first kappa shape index (κ1) is 21.9. The summed E-state index contributed by atoms with van der Waals surface area (Å²) in [5.41, 5.74) is 3.71. The molecule has 174 valence electrons. The predicted octanol–water partition coefficient (Wildman–Crippen LogP) is 4.47. The molecule has 2 fully saturated rings. The number of ether oxygens (including phenoxy) is 1. The molecule has 1 aliphatic carbocycles. The highest BCUT2D eigenvalue weighted by molar-refractivity contribution is 6.05. The Hall–Kier alpha value is -2.93. The van der Waals surface area contributed by atoms with Gasteiger partial charge in [-0.1, -0.05) is 12.1 Å². The van der Waals surface area contributed by atoms with E-state index < -0.39 is 0 Å². The molecule has 0 bridgehead atoms. The van der Waals surface area contributed by atoms with Gasteiger partial charge in [-0.3, -0.25) is 9.69 Å². The molecule has 33 heavy (non-hydrogen) atoms. The number of carbonyl (C=O) groups is 1. The minimum Gasteiger partial charge on any atom is -0.497 e. The zero-order valence-corrected chi connectivity index (χ0v) is 19.8. The molecule has 1 aromatic carbocycles. The van der Waals surface area contributed by atoms with Crippen LogP contribution in [0.4, 0.5) is 0 Å². The number of nitrogens with zero attached hydrogens (tertiary/aromatic N) is 4. The Labute approximate surface area is 195 Å². The zero-order chi connectivity index (χ0) is 22.9. The second-order valence-corrected chi connectivity index (χ2v) is 9.53. The van der Waals surface area contributed by atoms with E-state index in [1.54, 1.807) is 13.3 Å². The summed E-state index contributed by atoms with van der Waals surface area (Å²) in [6.45, 7) is 6.85. The molecule has 2 aliphatic rings. The largest absolute Gasteiger partial charge is 0.497 e. The van der Waals surface area contributed by atoms with Crippen LogP contribution in [0.5, 0.6) is 5.75 Å². The molecular weight excluding hydrogens is 414 g/mol. The summed E-state index contributed by atoms with van der Waals surface area (Å²) >= 11 is 0. The molecule has 0 unspecified atom stereocenters. The fraction of sp³-hybridized carbons (Fsp3) is 0.500. The predicted molar refractivity (Wildman–Crippen MR) is 129 cm³/mol. The van der Waals surface area contributed by atoms with E-state index in [1.165, 1.54) is 18.4 Å². The Bertz CT molecular complexity index is 1130. The third kappa shape index (κ3) is 4.47. The van der Waals surface area contributed by atoms with Gasteiger partial charge in [0.05, 0.1) is 30.3 Å². The van der Waals surface area contributed by atoms with E-state index in [0.29, 0.717) is 18.0 Å². The molecule has 1 atom stereocenters. The van der Waals surface area contributed by atoms with Crippen molar-refractivity contribution in [3.8, 4) is 5.75 Å². The summed E-state index contributed by atoms with van der Waals surface area (Å²) in [6.07, 6.45) is 6.47. The normalized spacial score (nSPS) is 17.6. The third-order valence-electron chi connectivity index (χ3n) is 6.85. The second-order valence-electron chi connectivity index (χ2n) is 9.53. The average Bonchev–Trinajstić information content (AvgIpc) is 3.36. The monoisotopic (exact) mass is 447 g/mol. The minimum absolute atomic E-state index is 0.0506. The standard InChI is InChI=1S/C26H33N5O2/c1-17(2)31-25-22(15-28-31)21(14-23(29-25)18-6-7-18)26(32)27-16-24(30-12-4-5-13-30)19-8-10-20(33-3)11-9-19/h8-11,14-15,17-18,24H,4-7,12-13,16H2,1-3H3,(H,27,32)/t24-/m0/s1. The summed E-state index contributed by atoms with van der Waals surface area (Å²) in [4.78, 5) is 20.8. The van der Waals surface area contributed by atoms with Crippen molar-refractivity contribution in [3.05, 3.63) is 53.3 Å². The van der Waals surface area contributed by atoms with Gasteiger partial charge in [0.25, 0.3) is 5.91 Å². The van der Waals surface area contributed by atoms with Crippen LogP contribution in [0.1, 0.15) is 79.1 Å². The SMILES string of the molecule is COc1ccc([C@H](CNC(=O)c2cc(C3CC3)nc3c2cnn3C(C)C)N2CCCC2)cc1. The molecule has 7 heteroatoms. The van der Waals surface area contributed by atoms with Crippen LogP contribution in [0, 0.1) is 0 Å². The average molecular weight is 448 g/mol. The van der Waals surface area contributed by atoms with Crippen molar-refractivity contribution in [2.24, 2.45) is 0 Å². The van der Waals surface area contributed by atoms with E-state index in [0.717, 1.165) is 48.4 Å². The lowest BCUT2D eigenvalue weighted by molar-refractivity contribution is 0.0939. The van der Waals surface area contributed by atoms with E-state index in [9.17, 15) is 4.79 Å². The zero-order valence-electron chi connectivity index (χ0n) is 19.8. The van der Waals surface area contributed by atoms with Gasteiger partial charge >= 0.3 is 0 Å². The van der Waals surface area contributed by atoms with Gasteiger partial charge in [0, 0.05) is 24.2 Å². The van der Waals surface area contributed by atoms with E-state index in [-0.39, 0.29) is 18.0 Å². The molecule has 1 aliphatic heterocycles. The Morgan fingerprint density at radius 1 is 1.18 bits per heavy atom. The number of benzene rings is 1. The maximum Gasteiger partial charge on any atom is 0.252 e. The van der Waals surface area contributed by atoms with Crippen molar-refractivity contribution >= 4 is 16.9 Å². The molecule has 0 spiro atoms. The van der Waals surface area contributed by atoms with E-state index >= 15 is 0 Å². The Balaban J connectivity index is 1.41. The summed E-state index contributed by atoms with van der Waals surface area (Å²) in [5.74, 6) is 1.26. The van der Waals surface area contributed by atoms with Gasteiger partial charge < -0.3 is 10.1 Å². The van der Waals surface area contributed by atoms with Crippen LogP contribution in [0.25, 0.3) is 11.0 Å². The summed E-state index contributed by atoms with van der Waals surface area (Å²) in [6, 6.07) is 10.5. The first-order valence-electron chi connectivity index (χ1n) is 12.1. The number of carbonyl (C=O) groups excluding carboxylic acids is 1. The highest BCUT2D eigenvalue weighted by Gasteiger charge is 2.29. The Kier molecular flexibility index (Phi) is 6.06. The van der Waals surface area contributed by atoms with Gasteiger partial charge in [-0.2, -0.15) is 5.10 Å². The lowest BCUT2D eigenvalue weighted by Crippen LogP contribution is -2.37. The highest BCUT2D eigenvalue weighted by atomic mass is 16.5. The molecule has 5 rings (SSSR count). The topological polar surface area (TPSA) is 72.3 Å². The van der Waals surface area contributed by atoms with Crippen LogP contribution in [0.2, 0.25) is 0 Å². The van der Waals surface area contributed by atoms with Gasteiger partial charge in [-0.25, -0.2) is 9.67 Å². The third-order valence-corrected chi connectivity index (χ3v) is 6.85. The number of hydrogen-bond acceptors (Lipinski definition) is 5. The van der Waals surface area contributed by atoms with Crippen LogP contribution in [0.3, 0.4) is 0 Å². The molecule has 7 nitrogen and oxygen atoms in total. The smallest absolute Gasteiger partial charge is 0.252 e. The molecule has 1 amide bonds. The second kappa shape index (κ2) is 9.14. The molecule has 0 radical (unpaired) electrons. The molecule has 2 aromatic heterocycles. The lowest BCUT2D eigenvalue weighted by Gasteiger charge is -2.28. The van der Waals surface area contributed by atoms with Gasteiger partial charge in [0.2, 0.25) is 0 Å². The van der Waals surface area contributed by atoms with Gasteiger partial charge in [0.1, 0.15) is 5.75 Å². The number of rotatable bonds is 8. The fourth-order valence-corrected chi connectivity index (χ4v) is 4.81.